The van der Waals surface area contributed by atoms with Crippen LogP contribution in [0.4, 0.5) is 4.39 Å². The molecule has 5 aromatic rings. The van der Waals surface area contributed by atoms with Gasteiger partial charge in [0.15, 0.2) is 0 Å². The van der Waals surface area contributed by atoms with E-state index < -0.39 is 11.2 Å². The van der Waals surface area contributed by atoms with Crippen LogP contribution in [0.5, 0.6) is 0 Å². The third-order valence-electron chi connectivity index (χ3n) is 11.8. The minimum atomic E-state index is -1.41. The van der Waals surface area contributed by atoms with Crippen molar-refractivity contribution in [2.24, 2.45) is 0 Å². The quantitative estimate of drug-likeness (QED) is 0.102. The molecule has 0 spiro atoms. The van der Waals surface area contributed by atoms with Crippen LogP contribution in [0, 0.1) is 6.92 Å². The number of aliphatic hydroxyl groups excluding tert-OH is 1. The Morgan fingerprint density at radius 2 is 1.59 bits per heavy atom. The zero-order valence-corrected chi connectivity index (χ0v) is 34.3. The lowest BCUT2D eigenvalue weighted by molar-refractivity contribution is -0.136. The summed E-state index contributed by atoms with van der Waals surface area (Å²) in [5.41, 5.74) is 5.33. The van der Waals surface area contributed by atoms with Crippen LogP contribution in [0.25, 0.3) is 22.2 Å². The van der Waals surface area contributed by atoms with Crippen molar-refractivity contribution in [3.8, 4) is 11.1 Å². The molecule has 8 nitrogen and oxygen atoms in total. The smallest absolute Gasteiger partial charge is 0.282 e. The summed E-state index contributed by atoms with van der Waals surface area (Å²) in [6.07, 6.45) is 6.21. The maximum absolute atomic E-state index is 14.8. The summed E-state index contributed by atoms with van der Waals surface area (Å²) in [4.78, 5) is 41.6. The Bertz CT molecular complexity index is 2320. The highest BCUT2D eigenvalue weighted by Crippen LogP contribution is 2.38. The largest absolute Gasteiger partial charge is 0.510 e. The number of pyridine rings is 1. The van der Waals surface area contributed by atoms with Crippen LogP contribution in [-0.4, -0.2) is 60.0 Å². The summed E-state index contributed by atoms with van der Waals surface area (Å²) in [7, 11) is 2.83. The van der Waals surface area contributed by atoms with Gasteiger partial charge in [-0.3, -0.25) is 14.5 Å². The van der Waals surface area contributed by atoms with E-state index in [4.69, 9.17) is 0 Å². The summed E-state index contributed by atoms with van der Waals surface area (Å²) in [5.74, 6) is 0.955. The first-order valence-corrected chi connectivity index (χ1v) is 20.3. The van der Waals surface area contributed by atoms with Gasteiger partial charge in [0.05, 0.1) is 10.9 Å². The van der Waals surface area contributed by atoms with Gasteiger partial charge in [0, 0.05) is 38.3 Å². The monoisotopic (exact) mass is 773 g/mol. The van der Waals surface area contributed by atoms with E-state index in [1.807, 2.05) is 39.8 Å². The van der Waals surface area contributed by atoms with Crippen molar-refractivity contribution in [3.05, 3.63) is 135 Å². The molecule has 1 atom stereocenters. The van der Waals surface area contributed by atoms with Gasteiger partial charge in [0.2, 0.25) is 5.91 Å². The molecule has 1 aliphatic heterocycles. The fourth-order valence-corrected chi connectivity index (χ4v) is 8.36. The topological polar surface area (TPSA) is 91.6 Å². The van der Waals surface area contributed by atoms with Gasteiger partial charge in [-0.1, -0.05) is 66.7 Å². The number of benzene rings is 3. The second kappa shape index (κ2) is 16.0. The molecule has 0 bridgehead atoms. The molecule has 1 saturated heterocycles. The van der Waals surface area contributed by atoms with Crippen molar-refractivity contribution in [1.82, 2.24) is 24.3 Å². The summed E-state index contributed by atoms with van der Waals surface area (Å²) >= 11 is 0. The molecule has 1 unspecified atom stereocenters. The zero-order chi connectivity index (χ0) is 39.8. The molecule has 3 aromatic carbocycles. The van der Waals surface area contributed by atoms with Crippen LogP contribution in [0.15, 0.2) is 101 Å². The number of halogens is 1. The first-order valence-electron chi connectivity index (χ1n) is 19.7. The number of nitrogens with zero attached hydrogens (tertiary/aromatic N) is 5. The van der Waals surface area contributed by atoms with Crippen molar-refractivity contribution in [3.63, 3.8) is 0 Å². The Morgan fingerprint density at radius 3 is 2.23 bits per heavy atom. The molecule has 10 heteroatoms. The number of aryl methyl sites for hydroxylation is 3. The predicted molar refractivity (Wildman–Crippen MR) is 226 cm³/mol. The predicted octanol–water partition coefficient (Wildman–Crippen LogP) is 8.13. The maximum atomic E-state index is 14.8. The highest BCUT2D eigenvalue weighted by molar-refractivity contribution is 7.27. The minimum Gasteiger partial charge on any atom is -0.510 e. The van der Waals surface area contributed by atoms with Crippen LogP contribution < -0.4 is 10.9 Å². The number of carbonyl (C=O) groups is 1. The van der Waals surface area contributed by atoms with Crippen molar-refractivity contribution >= 4 is 31.5 Å². The van der Waals surface area contributed by atoms with Crippen molar-refractivity contribution in [2.75, 3.05) is 13.1 Å². The number of allylic oxidation sites excluding steroid dienone is 1. The average molecular weight is 774 g/mol. The summed E-state index contributed by atoms with van der Waals surface area (Å²) in [6.45, 7) is 11.3. The van der Waals surface area contributed by atoms with E-state index in [0.717, 1.165) is 71.9 Å². The maximum Gasteiger partial charge on any atom is 0.282 e. The molecule has 292 valence electrons. The molecule has 7 rings (SSSR count). The molecule has 2 fully saturated rings. The van der Waals surface area contributed by atoms with E-state index in [1.165, 1.54) is 5.56 Å². The second-order valence-electron chi connectivity index (χ2n) is 16.4. The Kier molecular flexibility index (Phi) is 11.3. The van der Waals surface area contributed by atoms with Crippen molar-refractivity contribution in [2.45, 2.75) is 103 Å². The van der Waals surface area contributed by atoms with Gasteiger partial charge in [-0.05, 0) is 123 Å². The van der Waals surface area contributed by atoms with Gasteiger partial charge < -0.3 is 14.6 Å². The fourth-order valence-electron chi connectivity index (χ4n) is 8.03. The highest BCUT2D eigenvalue weighted by Gasteiger charge is 2.39. The summed E-state index contributed by atoms with van der Waals surface area (Å²) in [6, 6.07) is 25.4. The van der Waals surface area contributed by atoms with Gasteiger partial charge in [-0.2, -0.15) is 4.98 Å². The lowest BCUT2D eigenvalue weighted by Gasteiger charge is -2.45. The highest BCUT2D eigenvalue weighted by atomic mass is 31.0. The lowest BCUT2D eigenvalue weighted by atomic mass is 9.93. The lowest BCUT2D eigenvalue weighted by Crippen LogP contribution is -2.54. The molecule has 2 aromatic heterocycles. The molecule has 1 N–H and O–H groups in total. The first kappa shape index (κ1) is 39.5. The van der Waals surface area contributed by atoms with E-state index in [-0.39, 0.29) is 24.1 Å². The number of aliphatic hydroxyl groups is 1. The van der Waals surface area contributed by atoms with Crippen LogP contribution in [0.1, 0.15) is 81.5 Å². The fraction of sp³-hybridized carbons (Fsp3) is 0.391. The zero-order valence-electron chi connectivity index (χ0n) is 33.2. The number of amides is 1. The van der Waals surface area contributed by atoms with Crippen molar-refractivity contribution in [1.29, 1.82) is 0 Å². The van der Waals surface area contributed by atoms with Crippen LogP contribution >= 0.6 is 9.24 Å². The number of fused-ring (bicyclic) bond motifs is 1. The van der Waals surface area contributed by atoms with Crippen molar-refractivity contribution < 1.29 is 14.3 Å². The number of piperidine rings is 1. The molecule has 3 heterocycles. The molecular weight excluding hydrogens is 721 g/mol. The number of hydrogen-bond acceptors (Lipinski definition) is 6. The Balaban J connectivity index is 1.18. The van der Waals surface area contributed by atoms with Crippen LogP contribution in [0.3, 0.4) is 0 Å². The molecule has 1 saturated carbocycles. The van der Waals surface area contributed by atoms with Crippen LogP contribution in [-0.2, 0) is 36.4 Å². The van der Waals surface area contributed by atoms with Gasteiger partial charge >= 0.3 is 0 Å². The number of alkyl halides is 1. The molecular formula is C46H53FN5O3P. The van der Waals surface area contributed by atoms with E-state index in [2.05, 4.69) is 81.3 Å². The Hall–Kier alpha value is -4.72. The van der Waals surface area contributed by atoms with E-state index >= 15 is 0 Å². The van der Waals surface area contributed by atoms with Gasteiger partial charge in [-0.25, -0.2) is 9.37 Å². The van der Waals surface area contributed by atoms with E-state index in [1.54, 1.807) is 32.2 Å². The SMILES string of the molecule is Cc1cccc(CCc2nc(=O)c3cccnc3n2CC(=O)N(Cc2ccc(-c3ccc(C(C)(C)F)cc3)cc2)C2CCN(C(C)(C)C(O)=C3CC3)CC2)c1P. The molecule has 1 amide bonds. The molecule has 2 aliphatic rings. The van der Waals surface area contributed by atoms with Gasteiger partial charge in [0.1, 0.15) is 29.4 Å². The number of hydrogen-bond donors (Lipinski definition) is 1. The third kappa shape index (κ3) is 8.50. The number of rotatable bonds is 12. The summed E-state index contributed by atoms with van der Waals surface area (Å²) < 4.78 is 16.4. The van der Waals surface area contributed by atoms with E-state index in [9.17, 15) is 19.1 Å². The second-order valence-corrected chi connectivity index (χ2v) is 17.0. The van der Waals surface area contributed by atoms with Crippen LogP contribution in [0.2, 0.25) is 0 Å². The first-order chi connectivity index (χ1) is 26.7. The molecule has 0 radical (unpaired) electrons. The normalized spacial score (nSPS) is 15.3. The van der Waals surface area contributed by atoms with Gasteiger partial charge in [-0.15, -0.1) is 9.24 Å². The number of aromatic nitrogens is 3. The summed E-state index contributed by atoms with van der Waals surface area (Å²) in [5, 5.41) is 12.6. The molecule has 56 heavy (non-hydrogen) atoms. The Labute approximate surface area is 331 Å². The van der Waals surface area contributed by atoms with Gasteiger partial charge in [0.25, 0.3) is 5.56 Å². The van der Waals surface area contributed by atoms with E-state index in [0.29, 0.717) is 47.6 Å². The molecule has 1 aliphatic carbocycles. The standard InChI is InChI=1S/C46H53FN5O3P/c1-30-8-6-9-34(41(30)56)19-22-39-49-44(55)38-10-7-25-48-43(38)52(39)29-40(53)51(37-23-26-50(27-24-37)46(4,5)42(54)35-15-16-35)28-31-11-13-32(14-12-31)33-17-20-36(21-18-33)45(2,3)47/h6-14,17-18,20-21,25,37,54H,15-16,19,22-24,26-29,56H2,1-5H3. The number of carbonyl (C=O) groups excluding carboxylic acids is 1. The number of likely N-dealkylation sites (tertiary alicyclic amines) is 1. The minimum absolute atomic E-state index is 0.00831. The third-order valence-corrected chi connectivity index (χ3v) is 12.6. The Morgan fingerprint density at radius 1 is 0.929 bits per heavy atom. The average Bonchev–Trinajstić information content (AvgIpc) is 4.04.